The molecule has 0 bridgehead atoms. The molecular weight excluding hydrogens is 338 g/mol. The van der Waals surface area contributed by atoms with Crippen LogP contribution in [0.2, 0.25) is 0 Å². The van der Waals surface area contributed by atoms with Gasteiger partial charge in [-0.05, 0) is 38.5 Å². The Kier molecular flexibility index (Phi) is 5.28. The number of carbonyl (C=O) groups is 2. The number of amides is 2. The van der Waals surface area contributed by atoms with Gasteiger partial charge in [0.2, 0.25) is 5.91 Å². The number of benzene rings is 1. The quantitative estimate of drug-likeness (QED) is 0.886. The van der Waals surface area contributed by atoms with E-state index in [0.717, 1.165) is 44.1 Å². The van der Waals surface area contributed by atoms with Crippen LogP contribution in [0.3, 0.4) is 0 Å². The van der Waals surface area contributed by atoms with E-state index in [1.165, 1.54) is 25.7 Å². The van der Waals surface area contributed by atoms with Crippen molar-refractivity contribution in [3.8, 4) is 0 Å². The standard InChI is InChI=1S/C22H29N3O2/c26-19(23-18-12-6-7-13-18)16-25-21(27)20(17-10-4-3-5-11-17)24-22(25)14-8-1-2-9-15-22/h3-5,10-11,18H,1-2,6-9,12-16H2,(H,23,26). The maximum atomic E-state index is 13.3. The summed E-state index contributed by atoms with van der Waals surface area (Å²) in [5.41, 5.74) is 0.835. The average Bonchev–Trinajstić information content (AvgIpc) is 3.18. The first-order chi connectivity index (χ1) is 13.2. The van der Waals surface area contributed by atoms with Gasteiger partial charge >= 0.3 is 0 Å². The molecule has 3 aliphatic rings. The molecule has 1 aromatic carbocycles. The number of nitrogens with zero attached hydrogens (tertiary/aromatic N) is 2. The highest BCUT2D eigenvalue weighted by Crippen LogP contribution is 2.38. The van der Waals surface area contributed by atoms with Crippen molar-refractivity contribution in [3.05, 3.63) is 35.9 Å². The molecule has 1 aromatic rings. The molecule has 144 valence electrons. The molecule has 27 heavy (non-hydrogen) atoms. The first-order valence-electron chi connectivity index (χ1n) is 10.4. The smallest absolute Gasteiger partial charge is 0.275 e. The van der Waals surface area contributed by atoms with Crippen LogP contribution in [0.4, 0.5) is 0 Å². The van der Waals surface area contributed by atoms with E-state index in [2.05, 4.69) is 5.32 Å². The van der Waals surface area contributed by atoms with Crippen molar-refractivity contribution < 1.29 is 9.59 Å². The van der Waals surface area contributed by atoms with E-state index in [0.29, 0.717) is 5.71 Å². The number of rotatable bonds is 4. The number of nitrogens with one attached hydrogen (secondary N) is 1. The molecule has 5 heteroatoms. The summed E-state index contributed by atoms with van der Waals surface area (Å²) in [6.07, 6.45) is 10.6. The molecule has 0 aromatic heterocycles. The molecule has 0 atom stereocenters. The first kappa shape index (κ1) is 18.2. The largest absolute Gasteiger partial charge is 0.352 e. The Morgan fingerprint density at radius 2 is 1.70 bits per heavy atom. The van der Waals surface area contributed by atoms with E-state index in [1.54, 1.807) is 4.90 Å². The first-order valence-corrected chi connectivity index (χ1v) is 10.4. The summed E-state index contributed by atoms with van der Waals surface area (Å²) in [5, 5.41) is 3.13. The van der Waals surface area contributed by atoms with Crippen molar-refractivity contribution in [2.24, 2.45) is 4.99 Å². The van der Waals surface area contributed by atoms with Gasteiger partial charge in [0.15, 0.2) is 0 Å². The Bertz CT molecular complexity index is 714. The Morgan fingerprint density at radius 1 is 1.04 bits per heavy atom. The minimum atomic E-state index is -0.536. The zero-order chi connectivity index (χ0) is 18.7. The van der Waals surface area contributed by atoms with Crippen LogP contribution < -0.4 is 5.32 Å². The van der Waals surface area contributed by atoms with E-state index >= 15 is 0 Å². The third-order valence-corrected chi connectivity index (χ3v) is 6.24. The zero-order valence-corrected chi connectivity index (χ0v) is 16.0. The summed E-state index contributed by atoms with van der Waals surface area (Å²) in [7, 11) is 0. The fraction of sp³-hybridized carbons (Fsp3) is 0.591. The van der Waals surface area contributed by atoms with Gasteiger partial charge < -0.3 is 10.2 Å². The SMILES string of the molecule is O=C(CN1C(=O)C(c2ccccc2)=NC12CCCCCC2)NC1CCCC1. The molecular formula is C22H29N3O2. The molecule has 4 rings (SSSR count). The van der Waals surface area contributed by atoms with E-state index in [4.69, 9.17) is 4.99 Å². The summed E-state index contributed by atoms with van der Waals surface area (Å²) >= 11 is 0. The van der Waals surface area contributed by atoms with Gasteiger partial charge in [0.25, 0.3) is 5.91 Å². The van der Waals surface area contributed by atoms with Gasteiger partial charge in [0.1, 0.15) is 17.9 Å². The molecule has 2 fully saturated rings. The minimum absolute atomic E-state index is 0.0385. The van der Waals surface area contributed by atoms with Crippen LogP contribution >= 0.6 is 0 Å². The lowest BCUT2D eigenvalue weighted by molar-refractivity contribution is -0.135. The molecule has 1 heterocycles. The second-order valence-electron chi connectivity index (χ2n) is 8.16. The topological polar surface area (TPSA) is 61.8 Å². The molecule has 0 unspecified atom stereocenters. The third kappa shape index (κ3) is 3.78. The van der Waals surface area contributed by atoms with Crippen LogP contribution in [0.5, 0.6) is 0 Å². The minimum Gasteiger partial charge on any atom is -0.352 e. The van der Waals surface area contributed by atoms with Crippen molar-refractivity contribution in [3.63, 3.8) is 0 Å². The number of hydrogen-bond donors (Lipinski definition) is 1. The number of hydrogen-bond acceptors (Lipinski definition) is 3. The molecule has 1 N–H and O–H groups in total. The molecule has 1 aliphatic heterocycles. The highest BCUT2D eigenvalue weighted by Gasteiger charge is 2.47. The summed E-state index contributed by atoms with van der Waals surface area (Å²) in [4.78, 5) is 32.7. The van der Waals surface area contributed by atoms with Gasteiger partial charge in [-0.1, -0.05) is 56.0 Å². The van der Waals surface area contributed by atoms with Crippen molar-refractivity contribution >= 4 is 17.5 Å². The predicted molar refractivity (Wildman–Crippen MR) is 106 cm³/mol. The van der Waals surface area contributed by atoms with Gasteiger partial charge in [-0.25, -0.2) is 0 Å². The Morgan fingerprint density at radius 3 is 2.37 bits per heavy atom. The maximum absolute atomic E-state index is 13.3. The van der Waals surface area contributed by atoms with E-state index in [1.807, 2.05) is 30.3 Å². The van der Waals surface area contributed by atoms with Gasteiger partial charge in [-0.15, -0.1) is 0 Å². The lowest BCUT2D eigenvalue weighted by Gasteiger charge is -2.35. The summed E-state index contributed by atoms with van der Waals surface area (Å²) in [6.45, 7) is 0.120. The van der Waals surface area contributed by atoms with Crippen molar-refractivity contribution in [1.29, 1.82) is 0 Å². The molecule has 2 aliphatic carbocycles. The zero-order valence-electron chi connectivity index (χ0n) is 16.0. The third-order valence-electron chi connectivity index (χ3n) is 6.24. The molecule has 5 nitrogen and oxygen atoms in total. The van der Waals surface area contributed by atoms with Crippen molar-refractivity contribution in [2.75, 3.05) is 6.54 Å². The van der Waals surface area contributed by atoms with Crippen LogP contribution in [-0.2, 0) is 9.59 Å². The van der Waals surface area contributed by atoms with Crippen molar-refractivity contribution in [1.82, 2.24) is 10.2 Å². The normalized spacial score (nSPS) is 22.7. The Balaban J connectivity index is 1.58. The monoisotopic (exact) mass is 367 g/mol. The highest BCUT2D eigenvalue weighted by molar-refractivity contribution is 6.47. The van der Waals surface area contributed by atoms with Gasteiger partial charge in [0, 0.05) is 11.6 Å². The van der Waals surface area contributed by atoms with Gasteiger partial charge in [-0.3, -0.25) is 14.6 Å². The highest BCUT2D eigenvalue weighted by atomic mass is 16.2. The summed E-state index contributed by atoms with van der Waals surface area (Å²) < 4.78 is 0. The lowest BCUT2D eigenvalue weighted by Crippen LogP contribution is -2.52. The molecule has 0 saturated heterocycles. The summed E-state index contributed by atoms with van der Waals surface area (Å²) in [5.74, 6) is -0.131. The molecule has 1 spiro atoms. The van der Waals surface area contributed by atoms with Crippen LogP contribution in [0.25, 0.3) is 0 Å². The van der Waals surface area contributed by atoms with E-state index in [-0.39, 0.29) is 24.4 Å². The van der Waals surface area contributed by atoms with Crippen LogP contribution in [-0.4, -0.2) is 40.7 Å². The van der Waals surface area contributed by atoms with Crippen LogP contribution in [0.1, 0.15) is 69.8 Å². The second-order valence-corrected chi connectivity index (χ2v) is 8.16. The number of aliphatic imine (C=N–C) groups is 1. The van der Waals surface area contributed by atoms with E-state index < -0.39 is 5.66 Å². The molecule has 0 radical (unpaired) electrons. The molecule has 2 saturated carbocycles. The molecule has 2 amide bonds. The number of carbonyl (C=O) groups excluding carboxylic acids is 2. The Labute approximate surface area is 161 Å². The van der Waals surface area contributed by atoms with E-state index in [9.17, 15) is 9.59 Å². The fourth-order valence-electron chi connectivity index (χ4n) is 4.80. The van der Waals surface area contributed by atoms with Crippen molar-refractivity contribution in [2.45, 2.75) is 75.9 Å². The Hall–Kier alpha value is -2.17. The van der Waals surface area contributed by atoms with Crippen LogP contribution in [0.15, 0.2) is 35.3 Å². The predicted octanol–water partition coefficient (Wildman–Crippen LogP) is 3.43. The fourth-order valence-corrected chi connectivity index (χ4v) is 4.80. The maximum Gasteiger partial charge on any atom is 0.275 e. The lowest BCUT2D eigenvalue weighted by atomic mass is 10.00. The average molecular weight is 367 g/mol. The van der Waals surface area contributed by atoms with Crippen LogP contribution in [0, 0.1) is 0 Å². The second kappa shape index (κ2) is 7.83. The van der Waals surface area contributed by atoms with Gasteiger partial charge in [0.05, 0.1) is 0 Å². The van der Waals surface area contributed by atoms with Gasteiger partial charge in [-0.2, -0.15) is 0 Å². The summed E-state index contributed by atoms with van der Waals surface area (Å²) in [6, 6.07) is 9.94.